The van der Waals surface area contributed by atoms with E-state index >= 15 is 0 Å². The summed E-state index contributed by atoms with van der Waals surface area (Å²) in [4.78, 5) is 13.7. The lowest BCUT2D eigenvalue weighted by molar-refractivity contribution is 0.167. The highest BCUT2D eigenvalue weighted by molar-refractivity contribution is 5.74. The lowest BCUT2D eigenvalue weighted by Crippen LogP contribution is -2.47. The van der Waals surface area contributed by atoms with Gasteiger partial charge >= 0.3 is 6.03 Å². The van der Waals surface area contributed by atoms with E-state index in [1.807, 2.05) is 11.8 Å². The molecule has 0 saturated carbocycles. The number of carbonyl (C=O) groups excluding carboxylic acids is 1. The maximum atomic E-state index is 11.7. The van der Waals surface area contributed by atoms with Gasteiger partial charge in [0.2, 0.25) is 0 Å². The number of nitrogens with zero attached hydrogens (tertiary/aromatic N) is 1. The number of likely N-dealkylation sites (tertiary alicyclic amines) is 1. The van der Waals surface area contributed by atoms with Crippen molar-refractivity contribution in [1.29, 1.82) is 0 Å². The van der Waals surface area contributed by atoms with E-state index in [1.54, 1.807) is 0 Å². The van der Waals surface area contributed by atoms with Crippen LogP contribution in [0, 0.1) is 5.92 Å². The van der Waals surface area contributed by atoms with Gasteiger partial charge in [-0.25, -0.2) is 4.79 Å². The third-order valence-electron chi connectivity index (χ3n) is 2.93. The highest BCUT2D eigenvalue weighted by Gasteiger charge is 2.21. The second-order valence-corrected chi connectivity index (χ2v) is 4.45. The van der Waals surface area contributed by atoms with Gasteiger partial charge in [-0.1, -0.05) is 13.8 Å². The van der Waals surface area contributed by atoms with Crippen molar-refractivity contribution < 1.29 is 4.79 Å². The van der Waals surface area contributed by atoms with Crippen LogP contribution < -0.4 is 5.32 Å². The minimum atomic E-state index is 0.117. The lowest BCUT2D eigenvalue weighted by Gasteiger charge is -2.31. The van der Waals surface area contributed by atoms with Gasteiger partial charge in [-0.3, -0.25) is 0 Å². The number of urea groups is 1. The van der Waals surface area contributed by atoms with Crippen LogP contribution in [0.5, 0.6) is 0 Å². The van der Waals surface area contributed by atoms with Crippen molar-refractivity contribution in [1.82, 2.24) is 10.2 Å². The Bertz CT molecular complexity index is 194. The van der Waals surface area contributed by atoms with Crippen molar-refractivity contribution in [2.24, 2.45) is 5.92 Å². The summed E-state index contributed by atoms with van der Waals surface area (Å²) >= 11 is 0. The molecule has 14 heavy (non-hydrogen) atoms. The van der Waals surface area contributed by atoms with E-state index in [2.05, 4.69) is 19.2 Å². The molecule has 0 aromatic carbocycles. The smallest absolute Gasteiger partial charge is 0.317 e. The van der Waals surface area contributed by atoms with Crippen molar-refractivity contribution >= 4 is 6.03 Å². The van der Waals surface area contributed by atoms with Crippen LogP contribution in [0.3, 0.4) is 0 Å². The fraction of sp³-hybridized carbons (Fsp3) is 0.909. The molecule has 1 heterocycles. The van der Waals surface area contributed by atoms with Gasteiger partial charge in [-0.15, -0.1) is 0 Å². The van der Waals surface area contributed by atoms with E-state index < -0.39 is 0 Å². The van der Waals surface area contributed by atoms with E-state index in [-0.39, 0.29) is 6.03 Å². The summed E-state index contributed by atoms with van der Waals surface area (Å²) in [5.41, 5.74) is 0. The zero-order chi connectivity index (χ0) is 10.6. The summed E-state index contributed by atoms with van der Waals surface area (Å²) in [6.45, 7) is 8.19. The maximum absolute atomic E-state index is 11.7. The number of amides is 2. The van der Waals surface area contributed by atoms with Gasteiger partial charge in [0, 0.05) is 19.1 Å². The van der Waals surface area contributed by atoms with Gasteiger partial charge in [0.1, 0.15) is 0 Å². The largest absolute Gasteiger partial charge is 0.336 e. The molecule has 0 spiro atoms. The van der Waals surface area contributed by atoms with Crippen molar-refractivity contribution in [3.05, 3.63) is 0 Å². The zero-order valence-electron chi connectivity index (χ0n) is 9.55. The Morgan fingerprint density at radius 1 is 1.64 bits per heavy atom. The van der Waals surface area contributed by atoms with E-state index in [9.17, 15) is 4.79 Å². The maximum Gasteiger partial charge on any atom is 0.317 e. The zero-order valence-corrected chi connectivity index (χ0v) is 9.55. The lowest BCUT2D eigenvalue weighted by atomic mass is 10.0. The molecular formula is C11H22N2O. The van der Waals surface area contributed by atoms with Crippen LogP contribution in [0.15, 0.2) is 0 Å². The topological polar surface area (TPSA) is 32.3 Å². The summed E-state index contributed by atoms with van der Waals surface area (Å²) < 4.78 is 0. The molecule has 0 radical (unpaired) electrons. The molecule has 1 rings (SSSR count). The Balaban J connectivity index is 2.36. The second kappa shape index (κ2) is 5.23. The molecule has 0 unspecified atom stereocenters. The Morgan fingerprint density at radius 3 is 2.93 bits per heavy atom. The second-order valence-electron chi connectivity index (χ2n) is 4.45. The molecule has 1 aliphatic heterocycles. The van der Waals surface area contributed by atoms with Gasteiger partial charge in [0.05, 0.1) is 0 Å². The van der Waals surface area contributed by atoms with Crippen LogP contribution in [-0.2, 0) is 0 Å². The van der Waals surface area contributed by atoms with Crippen LogP contribution in [0.4, 0.5) is 4.79 Å². The molecule has 2 atom stereocenters. The fourth-order valence-corrected chi connectivity index (χ4v) is 1.78. The third-order valence-corrected chi connectivity index (χ3v) is 2.93. The summed E-state index contributed by atoms with van der Waals surface area (Å²) in [5, 5.41) is 3.01. The average Bonchev–Trinajstić information content (AvgIpc) is 2.17. The van der Waals surface area contributed by atoms with Gasteiger partial charge in [0.15, 0.2) is 0 Å². The Hall–Kier alpha value is -0.730. The predicted molar refractivity (Wildman–Crippen MR) is 58.3 cm³/mol. The first-order valence-electron chi connectivity index (χ1n) is 5.69. The van der Waals surface area contributed by atoms with E-state index in [4.69, 9.17) is 0 Å². The first-order chi connectivity index (χ1) is 6.63. The summed E-state index contributed by atoms with van der Waals surface area (Å²) in [5.74, 6) is 0.659. The molecule has 1 aliphatic rings. The molecule has 1 N–H and O–H groups in total. The summed E-state index contributed by atoms with van der Waals surface area (Å²) in [6, 6.07) is 0.408. The fourth-order valence-electron chi connectivity index (χ4n) is 1.78. The third kappa shape index (κ3) is 3.20. The number of nitrogens with one attached hydrogen (secondary N) is 1. The SMILES string of the molecule is CC[C@H](C)NC(=O)N1CCC[C@@H](C)C1. The predicted octanol–water partition coefficient (Wildman–Crippen LogP) is 2.23. The normalized spacial score (nSPS) is 24.5. The van der Waals surface area contributed by atoms with Gasteiger partial charge in [-0.2, -0.15) is 0 Å². The van der Waals surface area contributed by atoms with Crippen LogP contribution in [0.1, 0.15) is 40.0 Å². The first-order valence-corrected chi connectivity index (χ1v) is 5.69. The van der Waals surface area contributed by atoms with Gasteiger partial charge < -0.3 is 10.2 Å². The van der Waals surface area contributed by atoms with Gasteiger partial charge in [-0.05, 0) is 32.1 Å². The molecule has 82 valence electrons. The van der Waals surface area contributed by atoms with Crippen molar-refractivity contribution in [3.8, 4) is 0 Å². The molecule has 0 aliphatic carbocycles. The minimum Gasteiger partial charge on any atom is -0.336 e. The minimum absolute atomic E-state index is 0.117. The summed E-state index contributed by atoms with van der Waals surface area (Å²) in [7, 11) is 0. The number of carbonyl (C=O) groups is 1. The van der Waals surface area contributed by atoms with Crippen LogP contribution in [-0.4, -0.2) is 30.1 Å². The first kappa shape index (κ1) is 11.3. The van der Waals surface area contributed by atoms with Crippen LogP contribution in [0.25, 0.3) is 0 Å². The van der Waals surface area contributed by atoms with Crippen molar-refractivity contribution in [3.63, 3.8) is 0 Å². The molecule has 0 aromatic heterocycles. The standard InChI is InChI=1S/C11H22N2O/c1-4-10(3)12-11(14)13-7-5-6-9(2)8-13/h9-10H,4-8H2,1-3H3,(H,12,14)/t9-,10+/m1/s1. The summed E-state index contributed by atoms with van der Waals surface area (Å²) in [6.07, 6.45) is 3.40. The van der Waals surface area contributed by atoms with Crippen LogP contribution in [0.2, 0.25) is 0 Å². The average molecular weight is 198 g/mol. The molecular weight excluding hydrogens is 176 g/mol. The molecule has 1 fully saturated rings. The van der Waals surface area contributed by atoms with E-state index in [1.165, 1.54) is 6.42 Å². The molecule has 3 nitrogen and oxygen atoms in total. The highest BCUT2D eigenvalue weighted by atomic mass is 16.2. The molecule has 3 heteroatoms. The van der Waals surface area contributed by atoms with E-state index in [0.29, 0.717) is 12.0 Å². The Labute approximate surface area is 86.9 Å². The highest BCUT2D eigenvalue weighted by Crippen LogP contribution is 2.15. The van der Waals surface area contributed by atoms with Crippen molar-refractivity contribution in [2.75, 3.05) is 13.1 Å². The van der Waals surface area contributed by atoms with Crippen molar-refractivity contribution in [2.45, 2.75) is 46.1 Å². The molecule has 0 aromatic rings. The number of hydrogen-bond acceptors (Lipinski definition) is 1. The quantitative estimate of drug-likeness (QED) is 0.725. The number of hydrogen-bond donors (Lipinski definition) is 1. The Kier molecular flexibility index (Phi) is 4.23. The monoisotopic (exact) mass is 198 g/mol. The molecule has 2 amide bonds. The molecule has 1 saturated heterocycles. The van der Waals surface area contributed by atoms with E-state index in [0.717, 1.165) is 25.9 Å². The number of piperidine rings is 1. The van der Waals surface area contributed by atoms with Crippen LogP contribution >= 0.6 is 0 Å². The van der Waals surface area contributed by atoms with Gasteiger partial charge in [0.25, 0.3) is 0 Å². The number of rotatable bonds is 2. The Morgan fingerprint density at radius 2 is 2.36 bits per heavy atom. The molecule has 0 bridgehead atoms.